The number of carbonyl (C=O) groups excluding carboxylic acids is 1. The second-order valence-corrected chi connectivity index (χ2v) is 9.44. The van der Waals surface area contributed by atoms with E-state index >= 15 is 0 Å². The second kappa shape index (κ2) is 16.4. The van der Waals surface area contributed by atoms with Crippen LogP contribution in [-0.4, -0.2) is 32.8 Å². The Labute approximate surface area is 228 Å². The number of hydrogen-bond donors (Lipinski definition) is 3. The van der Waals surface area contributed by atoms with Crippen LogP contribution in [0.2, 0.25) is 0 Å². The summed E-state index contributed by atoms with van der Waals surface area (Å²) >= 11 is 0. The molecule has 0 atom stereocenters. The summed E-state index contributed by atoms with van der Waals surface area (Å²) in [7, 11) is 1.60. The van der Waals surface area contributed by atoms with E-state index in [4.69, 9.17) is 9.47 Å². The van der Waals surface area contributed by atoms with E-state index in [1.165, 1.54) is 11.1 Å². The van der Waals surface area contributed by atoms with Crippen LogP contribution in [0.4, 0.5) is 10.5 Å². The van der Waals surface area contributed by atoms with Crippen LogP contribution in [0.5, 0.6) is 11.5 Å². The molecule has 38 heavy (non-hydrogen) atoms. The predicted octanol–water partition coefficient (Wildman–Crippen LogP) is 6.52. The van der Waals surface area contributed by atoms with Crippen molar-refractivity contribution in [3.05, 3.63) is 89.0 Å². The first-order valence-corrected chi connectivity index (χ1v) is 13.9. The van der Waals surface area contributed by atoms with Crippen molar-refractivity contribution in [2.75, 3.05) is 32.1 Å². The molecule has 0 unspecified atom stereocenters. The minimum absolute atomic E-state index is 0.269. The first-order valence-electron chi connectivity index (χ1n) is 13.9. The van der Waals surface area contributed by atoms with Crippen LogP contribution >= 0.6 is 0 Å². The topological polar surface area (TPSA) is 71.6 Å². The number of unbranched alkanes of at least 4 members (excludes halogenated alkanes) is 1. The van der Waals surface area contributed by atoms with Crippen LogP contribution in [0.15, 0.2) is 66.7 Å². The molecule has 3 aromatic carbocycles. The van der Waals surface area contributed by atoms with Gasteiger partial charge in [0.2, 0.25) is 0 Å². The summed E-state index contributed by atoms with van der Waals surface area (Å²) in [6.45, 7) is 7.38. The van der Waals surface area contributed by atoms with Crippen molar-refractivity contribution in [3.8, 4) is 11.5 Å². The largest absolute Gasteiger partial charge is 0.494 e. The molecule has 0 aliphatic heterocycles. The molecule has 0 saturated heterocycles. The van der Waals surface area contributed by atoms with E-state index in [9.17, 15) is 4.79 Å². The predicted molar refractivity (Wildman–Crippen MR) is 156 cm³/mol. The van der Waals surface area contributed by atoms with E-state index in [-0.39, 0.29) is 6.03 Å². The molecule has 0 fully saturated rings. The monoisotopic (exact) mass is 517 g/mol. The Morgan fingerprint density at radius 2 is 1.61 bits per heavy atom. The molecule has 3 aromatic rings. The van der Waals surface area contributed by atoms with E-state index in [2.05, 4.69) is 54.1 Å². The molecule has 3 rings (SSSR count). The molecule has 0 aliphatic rings. The maximum atomic E-state index is 12.0. The lowest BCUT2D eigenvalue weighted by Crippen LogP contribution is -2.25. The molecule has 0 heterocycles. The lowest BCUT2D eigenvalue weighted by atomic mass is 10.00. The Kier molecular flexibility index (Phi) is 12.5. The number of aryl methyl sites for hydroxylation is 1. The number of hydrogen-bond acceptors (Lipinski definition) is 4. The van der Waals surface area contributed by atoms with E-state index in [1.807, 2.05) is 42.5 Å². The minimum Gasteiger partial charge on any atom is -0.494 e. The lowest BCUT2D eigenvalue weighted by Gasteiger charge is -2.15. The zero-order valence-corrected chi connectivity index (χ0v) is 23.1. The van der Waals surface area contributed by atoms with Crippen molar-refractivity contribution < 1.29 is 14.3 Å². The van der Waals surface area contributed by atoms with E-state index in [0.29, 0.717) is 18.0 Å². The van der Waals surface area contributed by atoms with Crippen molar-refractivity contribution in [1.82, 2.24) is 10.6 Å². The number of anilines is 1. The number of carbonyl (C=O) groups is 1. The Hall–Kier alpha value is -3.51. The van der Waals surface area contributed by atoms with Gasteiger partial charge in [-0.15, -0.1) is 0 Å². The van der Waals surface area contributed by atoms with Crippen LogP contribution in [-0.2, 0) is 25.9 Å². The zero-order valence-electron chi connectivity index (χ0n) is 23.1. The van der Waals surface area contributed by atoms with Gasteiger partial charge in [-0.25, -0.2) is 4.79 Å². The lowest BCUT2D eigenvalue weighted by molar-refractivity contribution is 0.253. The van der Waals surface area contributed by atoms with E-state index < -0.39 is 0 Å². The van der Waals surface area contributed by atoms with E-state index in [1.54, 1.807) is 7.05 Å². The molecule has 0 aromatic heterocycles. The second-order valence-electron chi connectivity index (χ2n) is 9.44. The van der Waals surface area contributed by atoms with Crippen LogP contribution in [0.3, 0.4) is 0 Å². The first-order chi connectivity index (χ1) is 18.6. The van der Waals surface area contributed by atoms with Crippen molar-refractivity contribution in [1.29, 1.82) is 0 Å². The summed E-state index contributed by atoms with van der Waals surface area (Å²) in [6.07, 6.45) is 6.26. The summed E-state index contributed by atoms with van der Waals surface area (Å²) < 4.78 is 11.9. The SMILES string of the molecule is CCCCOc1ccc(CCNCCc2ccc(OCc3ccccc3)c(NC(=O)NC)c2)c(CCC)c1. The number of nitrogens with one attached hydrogen (secondary N) is 3. The van der Waals surface area contributed by atoms with Crippen LogP contribution in [0, 0.1) is 0 Å². The molecule has 2 amide bonds. The van der Waals surface area contributed by atoms with Gasteiger partial charge in [0.1, 0.15) is 18.1 Å². The van der Waals surface area contributed by atoms with Crippen LogP contribution in [0.25, 0.3) is 0 Å². The van der Waals surface area contributed by atoms with Gasteiger partial charge in [0.05, 0.1) is 12.3 Å². The maximum absolute atomic E-state index is 12.0. The standard InChI is InChI=1S/C32H43N3O3/c1-4-6-21-37-29-15-14-27(28(23-29)10-5-2)18-20-34-19-17-25-13-16-31(30(22-25)35-32(36)33-3)38-24-26-11-8-7-9-12-26/h7-9,11-16,22-23,34H,4-6,10,17-21,24H2,1-3H3,(H2,33,35,36). The van der Waals surface area contributed by atoms with Gasteiger partial charge in [-0.05, 0) is 85.3 Å². The van der Waals surface area contributed by atoms with Gasteiger partial charge >= 0.3 is 6.03 Å². The molecule has 3 N–H and O–H groups in total. The van der Waals surface area contributed by atoms with E-state index in [0.717, 1.165) is 75.1 Å². The maximum Gasteiger partial charge on any atom is 0.319 e. The normalized spacial score (nSPS) is 10.7. The third kappa shape index (κ3) is 9.75. The van der Waals surface area contributed by atoms with Gasteiger partial charge in [-0.1, -0.05) is 69.2 Å². The highest BCUT2D eigenvalue weighted by Gasteiger charge is 2.10. The summed E-state index contributed by atoms with van der Waals surface area (Å²) in [4.78, 5) is 12.0. The zero-order chi connectivity index (χ0) is 27.0. The minimum atomic E-state index is -0.269. The smallest absolute Gasteiger partial charge is 0.319 e. The Bertz CT molecular complexity index is 1120. The number of amides is 2. The van der Waals surface area contributed by atoms with Gasteiger partial charge in [-0.2, -0.15) is 0 Å². The number of rotatable bonds is 16. The van der Waals surface area contributed by atoms with Crippen LogP contribution in [0.1, 0.15) is 55.4 Å². The quantitative estimate of drug-likeness (QED) is 0.189. The molecule has 0 radical (unpaired) electrons. The third-order valence-electron chi connectivity index (χ3n) is 6.38. The molecule has 204 valence electrons. The fourth-order valence-electron chi connectivity index (χ4n) is 4.23. The summed E-state index contributed by atoms with van der Waals surface area (Å²) in [5.41, 5.74) is 5.66. The molecule has 0 saturated carbocycles. The Balaban J connectivity index is 1.52. The summed E-state index contributed by atoms with van der Waals surface area (Å²) in [5, 5.41) is 9.08. The van der Waals surface area contributed by atoms with Crippen molar-refractivity contribution in [2.45, 2.75) is 59.0 Å². The fourth-order valence-corrected chi connectivity index (χ4v) is 4.23. The summed E-state index contributed by atoms with van der Waals surface area (Å²) in [5.74, 6) is 1.63. The average Bonchev–Trinajstić information content (AvgIpc) is 2.94. The summed E-state index contributed by atoms with van der Waals surface area (Å²) in [6, 6.07) is 22.3. The Morgan fingerprint density at radius 1 is 0.789 bits per heavy atom. The third-order valence-corrected chi connectivity index (χ3v) is 6.38. The number of benzene rings is 3. The molecule has 0 spiro atoms. The Morgan fingerprint density at radius 3 is 2.37 bits per heavy atom. The van der Waals surface area contributed by atoms with Crippen molar-refractivity contribution in [3.63, 3.8) is 0 Å². The van der Waals surface area contributed by atoms with Crippen molar-refractivity contribution in [2.24, 2.45) is 0 Å². The van der Waals surface area contributed by atoms with Gasteiger partial charge in [0.25, 0.3) is 0 Å². The van der Waals surface area contributed by atoms with Crippen molar-refractivity contribution >= 4 is 11.7 Å². The molecular formula is C32H43N3O3. The fraction of sp³-hybridized carbons (Fsp3) is 0.406. The van der Waals surface area contributed by atoms with Crippen LogP contribution < -0.4 is 25.4 Å². The number of ether oxygens (including phenoxy) is 2. The first kappa shape index (κ1) is 29.1. The van der Waals surface area contributed by atoms with Gasteiger partial charge in [0, 0.05) is 7.05 Å². The van der Waals surface area contributed by atoms with Gasteiger partial charge in [-0.3, -0.25) is 0 Å². The average molecular weight is 518 g/mol. The van der Waals surface area contributed by atoms with Gasteiger partial charge < -0.3 is 25.4 Å². The molecular weight excluding hydrogens is 474 g/mol. The molecule has 6 heteroatoms. The highest BCUT2D eigenvalue weighted by molar-refractivity contribution is 5.90. The molecule has 6 nitrogen and oxygen atoms in total. The highest BCUT2D eigenvalue weighted by atomic mass is 16.5. The van der Waals surface area contributed by atoms with Gasteiger partial charge in [0.15, 0.2) is 0 Å². The number of urea groups is 1. The molecule has 0 aliphatic carbocycles. The molecule has 0 bridgehead atoms. The highest BCUT2D eigenvalue weighted by Crippen LogP contribution is 2.27.